The summed E-state index contributed by atoms with van der Waals surface area (Å²) in [7, 11) is 0. The van der Waals surface area contributed by atoms with Crippen molar-refractivity contribution in [2.24, 2.45) is 0 Å². The molecule has 1 aliphatic heterocycles. The van der Waals surface area contributed by atoms with Crippen molar-refractivity contribution >= 4 is 23.0 Å². The van der Waals surface area contributed by atoms with Crippen molar-refractivity contribution in [3.05, 3.63) is 15.8 Å². The SMILES string of the molecule is Cc1sc(C(=O)OC2CCOCC2)cc1N. The number of nitrogens with two attached hydrogens (primary N) is 1. The zero-order chi connectivity index (χ0) is 11.5. The molecule has 2 N–H and O–H groups in total. The highest BCUT2D eigenvalue weighted by Gasteiger charge is 2.20. The minimum atomic E-state index is -0.267. The number of hydrogen-bond donors (Lipinski definition) is 1. The molecule has 1 aromatic heterocycles. The van der Waals surface area contributed by atoms with Gasteiger partial charge in [-0.3, -0.25) is 0 Å². The minimum absolute atomic E-state index is 0.00937. The van der Waals surface area contributed by atoms with E-state index >= 15 is 0 Å². The molecule has 1 aromatic rings. The summed E-state index contributed by atoms with van der Waals surface area (Å²) in [4.78, 5) is 13.3. The summed E-state index contributed by atoms with van der Waals surface area (Å²) in [6, 6.07) is 1.68. The molecular formula is C11H15NO3S. The second kappa shape index (κ2) is 4.84. The molecule has 0 saturated carbocycles. The van der Waals surface area contributed by atoms with Gasteiger partial charge in [0.2, 0.25) is 0 Å². The highest BCUT2D eigenvalue weighted by Crippen LogP contribution is 2.25. The normalized spacial score (nSPS) is 17.3. The lowest BCUT2D eigenvalue weighted by Crippen LogP contribution is -2.25. The molecule has 0 unspecified atom stereocenters. The number of thiophene rings is 1. The van der Waals surface area contributed by atoms with Gasteiger partial charge in [-0.05, 0) is 13.0 Å². The maximum atomic E-state index is 11.8. The summed E-state index contributed by atoms with van der Waals surface area (Å²) in [5.41, 5.74) is 6.35. The quantitative estimate of drug-likeness (QED) is 0.804. The topological polar surface area (TPSA) is 61.5 Å². The summed E-state index contributed by atoms with van der Waals surface area (Å²) in [6.45, 7) is 3.23. The Morgan fingerprint density at radius 2 is 2.25 bits per heavy atom. The minimum Gasteiger partial charge on any atom is -0.458 e. The van der Waals surface area contributed by atoms with Crippen molar-refractivity contribution in [2.45, 2.75) is 25.9 Å². The van der Waals surface area contributed by atoms with Crippen LogP contribution in [0.1, 0.15) is 27.4 Å². The van der Waals surface area contributed by atoms with Gasteiger partial charge in [0.25, 0.3) is 0 Å². The zero-order valence-electron chi connectivity index (χ0n) is 9.19. The van der Waals surface area contributed by atoms with Gasteiger partial charge in [-0.15, -0.1) is 11.3 Å². The van der Waals surface area contributed by atoms with Crippen molar-refractivity contribution in [3.8, 4) is 0 Å². The molecule has 0 radical (unpaired) electrons. The van der Waals surface area contributed by atoms with Crippen LogP contribution in [0.15, 0.2) is 6.07 Å². The summed E-state index contributed by atoms with van der Waals surface area (Å²) in [5, 5.41) is 0. The molecule has 1 saturated heterocycles. The van der Waals surface area contributed by atoms with Crippen molar-refractivity contribution in [3.63, 3.8) is 0 Å². The maximum absolute atomic E-state index is 11.8. The third kappa shape index (κ3) is 2.54. The molecule has 0 atom stereocenters. The number of hydrogen-bond acceptors (Lipinski definition) is 5. The Morgan fingerprint density at radius 1 is 1.56 bits per heavy atom. The lowest BCUT2D eigenvalue weighted by Gasteiger charge is -2.21. The number of ether oxygens (including phenoxy) is 2. The first-order chi connectivity index (χ1) is 7.66. The molecule has 1 aliphatic rings. The molecule has 88 valence electrons. The predicted molar refractivity (Wildman–Crippen MR) is 62.7 cm³/mol. The Morgan fingerprint density at radius 3 is 2.81 bits per heavy atom. The molecule has 0 bridgehead atoms. The summed E-state index contributed by atoms with van der Waals surface area (Å²) >= 11 is 1.38. The number of carbonyl (C=O) groups is 1. The monoisotopic (exact) mass is 241 g/mol. The fourth-order valence-corrected chi connectivity index (χ4v) is 2.42. The Balaban J connectivity index is 1.96. The average Bonchev–Trinajstić information content (AvgIpc) is 2.61. The Kier molecular flexibility index (Phi) is 3.46. The van der Waals surface area contributed by atoms with Crippen LogP contribution in [-0.2, 0) is 9.47 Å². The van der Waals surface area contributed by atoms with Crippen molar-refractivity contribution in [2.75, 3.05) is 18.9 Å². The van der Waals surface area contributed by atoms with Crippen LogP contribution in [0.25, 0.3) is 0 Å². The van der Waals surface area contributed by atoms with Crippen LogP contribution in [0.5, 0.6) is 0 Å². The molecule has 5 heteroatoms. The molecule has 2 heterocycles. The van der Waals surface area contributed by atoms with Gasteiger partial charge in [-0.2, -0.15) is 0 Å². The van der Waals surface area contributed by atoms with Crippen molar-refractivity contribution in [1.82, 2.24) is 0 Å². The van der Waals surface area contributed by atoms with Crippen LogP contribution in [0.2, 0.25) is 0 Å². The van der Waals surface area contributed by atoms with Gasteiger partial charge in [-0.25, -0.2) is 4.79 Å². The van der Waals surface area contributed by atoms with Gasteiger partial charge in [0, 0.05) is 23.4 Å². The van der Waals surface area contributed by atoms with E-state index in [0.29, 0.717) is 23.8 Å². The van der Waals surface area contributed by atoms with Gasteiger partial charge in [0.15, 0.2) is 0 Å². The lowest BCUT2D eigenvalue weighted by atomic mass is 10.1. The van der Waals surface area contributed by atoms with Crippen molar-refractivity contribution < 1.29 is 14.3 Å². The van der Waals surface area contributed by atoms with E-state index in [0.717, 1.165) is 17.7 Å². The molecule has 0 aliphatic carbocycles. The molecule has 16 heavy (non-hydrogen) atoms. The molecular weight excluding hydrogens is 226 g/mol. The first-order valence-electron chi connectivity index (χ1n) is 5.31. The van der Waals surface area contributed by atoms with Crippen molar-refractivity contribution in [1.29, 1.82) is 0 Å². The van der Waals surface area contributed by atoms with Gasteiger partial charge < -0.3 is 15.2 Å². The van der Waals surface area contributed by atoms with Gasteiger partial charge in [-0.1, -0.05) is 0 Å². The largest absolute Gasteiger partial charge is 0.458 e. The lowest BCUT2D eigenvalue weighted by molar-refractivity contribution is -0.0155. The highest BCUT2D eigenvalue weighted by molar-refractivity contribution is 7.14. The Bertz CT molecular complexity index is 363. The van der Waals surface area contributed by atoms with E-state index in [2.05, 4.69) is 0 Å². The number of rotatable bonds is 2. The molecule has 4 nitrogen and oxygen atoms in total. The van der Waals surface area contributed by atoms with Crippen LogP contribution in [0.4, 0.5) is 5.69 Å². The molecule has 0 spiro atoms. The zero-order valence-corrected chi connectivity index (χ0v) is 10.0. The van der Waals surface area contributed by atoms with E-state index < -0.39 is 0 Å². The molecule has 2 rings (SSSR count). The van der Waals surface area contributed by atoms with Gasteiger partial charge >= 0.3 is 5.97 Å². The summed E-state index contributed by atoms with van der Waals surface area (Å²) < 4.78 is 10.6. The molecule has 1 fully saturated rings. The second-order valence-electron chi connectivity index (χ2n) is 3.84. The van der Waals surface area contributed by atoms with E-state index in [9.17, 15) is 4.79 Å². The predicted octanol–water partition coefficient (Wildman–Crippen LogP) is 1.97. The first-order valence-corrected chi connectivity index (χ1v) is 6.13. The van der Waals surface area contributed by atoms with E-state index in [1.54, 1.807) is 6.07 Å². The van der Waals surface area contributed by atoms with E-state index in [1.807, 2.05) is 6.92 Å². The smallest absolute Gasteiger partial charge is 0.348 e. The van der Waals surface area contributed by atoms with E-state index in [-0.39, 0.29) is 12.1 Å². The average molecular weight is 241 g/mol. The maximum Gasteiger partial charge on any atom is 0.348 e. The van der Waals surface area contributed by atoms with Crippen LogP contribution in [-0.4, -0.2) is 25.3 Å². The third-order valence-corrected chi connectivity index (χ3v) is 3.65. The van der Waals surface area contributed by atoms with Gasteiger partial charge in [0.05, 0.1) is 13.2 Å². The fraction of sp³-hybridized carbons (Fsp3) is 0.545. The number of nitrogen functional groups attached to an aromatic ring is 1. The summed E-state index contributed by atoms with van der Waals surface area (Å²) in [6.07, 6.45) is 1.56. The molecule has 0 aromatic carbocycles. The van der Waals surface area contributed by atoms with Crippen LogP contribution >= 0.6 is 11.3 Å². The highest BCUT2D eigenvalue weighted by atomic mass is 32.1. The van der Waals surface area contributed by atoms with Gasteiger partial charge in [0.1, 0.15) is 11.0 Å². The third-order valence-electron chi connectivity index (χ3n) is 2.60. The second-order valence-corrected chi connectivity index (χ2v) is 5.10. The van der Waals surface area contributed by atoms with Crippen LogP contribution < -0.4 is 5.73 Å². The number of anilines is 1. The summed E-state index contributed by atoms with van der Waals surface area (Å²) in [5.74, 6) is -0.267. The number of aryl methyl sites for hydroxylation is 1. The Hall–Kier alpha value is -1.07. The van der Waals surface area contributed by atoms with E-state index in [4.69, 9.17) is 15.2 Å². The Labute approximate surface area is 98.3 Å². The molecule has 0 amide bonds. The fourth-order valence-electron chi connectivity index (χ4n) is 1.60. The standard InChI is InChI=1S/C11H15NO3S/c1-7-9(12)6-10(16-7)11(13)15-8-2-4-14-5-3-8/h6,8H,2-5,12H2,1H3. The van der Waals surface area contributed by atoms with Crippen LogP contribution in [0, 0.1) is 6.92 Å². The van der Waals surface area contributed by atoms with E-state index in [1.165, 1.54) is 11.3 Å². The van der Waals surface area contributed by atoms with Crippen LogP contribution in [0.3, 0.4) is 0 Å². The number of esters is 1. The first kappa shape index (κ1) is 11.4. The number of carbonyl (C=O) groups excluding carboxylic acids is 1.